The van der Waals surface area contributed by atoms with E-state index in [1.165, 1.54) is 24.3 Å². The molecule has 1 aromatic heterocycles. The molecule has 0 fully saturated rings. The highest BCUT2D eigenvalue weighted by Crippen LogP contribution is 2.23. The van der Waals surface area contributed by atoms with Crippen LogP contribution in [0.5, 0.6) is 0 Å². The molecule has 8 heteroatoms. The lowest BCUT2D eigenvalue weighted by Gasteiger charge is -2.08. The minimum atomic E-state index is -3.84. The fraction of sp³-hybridized carbons (Fsp3) is 0.0667. The largest absolute Gasteiger partial charge is 0.313 e. The quantitative estimate of drug-likeness (QED) is 0.789. The summed E-state index contributed by atoms with van der Waals surface area (Å²) in [5, 5.41) is 9.41. The Hall–Kier alpha value is -2.56. The molecule has 0 radical (unpaired) electrons. The highest BCUT2D eigenvalue weighted by Gasteiger charge is 2.18. The predicted molar refractivity (Wildman–Crippen MR) is 87.7 cm³/mol. The summed E-state index contributed by atoms with van der Waals surface area (Å²) in [6, 6.07) is 12.8. The molecule has 0 amide bonds. The summed E-state index contributed by atoms with van der Waals surface area (Å²) in [5.41, 5.74) is 1.60. The van der Waals surface area contributed by atoms with Crippen molar-refractivity contribution in [1.82, 2.24) is 9.55 Å². The molecule has 0 saturated heterocycles. The summed E-state index contributed by atoms with van der Waals surface area (Å²) in [7, 11) is -2.14. The number of sulfonamides is 1. The van der Waals surface area contributed by atoms with E-state index in [0.29, 0.717) is 10.5 Å². The molecule has 0 aliphatic carbocycles. The molecule has 0 atom stereocenters. The summed E-state index contributed by atoms with van der Waals surface area (Å²) in [4.78, 5) is 4.25. The van der Waals surface area contributed by atoms with E-state index in [9.17, 15) is 8.42 Å². The first-order chi connectivity index (χ1) is 10.9. The van der Waals surface area contributed by atoms with Crippen LogP contribution in [-0.4, -0.2) is 18.0 Å². The van der Waals surface area contributed by atoms with Crippen molar-refractivity contribution in [3.05, 3.63) is 53.1 Å². The number of aryl methyl sites for hydroxylation is 1. The molecule has 0 unspecified atom stereocenters. The average molecular weight is 347 g/mol. The van der Waals surface area contributed by atoms with Gasteiger partial charge in [0.2, 0.25) is 5.95 Å². The van der Waals surface area contributed by atoms with Crippen LogP contribution >= 0.6 is 11.6 Å². The van der Waals surface area contributed by atoms with E-state index in [2.05, 4.69) is 9.71 Å². The number of hydrogen-bond donors (Lipinski definition) is 1. The highest BCUT2D eigenvalue weighted by molar-refractivity contribution is 7.92. The van der Waals surface area contributed by atoms with E-state index in [1.54, 1.807) is 29.8 Å². The number of fused-ring (bicyclic) bond motifs is 1. The first-order valence-corrected chi connectivity index (χ1v) is 8.42. The summed E-state index contributed by atoms with van der Waals surface area (Å²) in [5.74, 6) is 0.171. The van der Waals surface area contributed by atoms with Crippen LogP contribution in [0.3, 0.4) is 0 Å². The second-order valence-electron chi connectivity index (χ2n) is 4.87. The van der Waals surface area contributed by atoms with Crippen molar-refractivity contribution in [2.24, 2.45) is 7.05 Å². The van der Waals surface area contributed by atoms with Gasteiger partial charge in [0.15, 0.2) is 0 Å². The summed E-state index contributed by atoms with van der Waals surface area (Å²) in [6.07, 6.45) is 0. The summed E-state index contributed by atoms with van der Waals surface area (Å²) in [6.45, 7) is 0. The van der Waals surface area contributed by atoms with Gasteiger partial charge in [0, 0.05) is 12.1 Å². The van der Waals surface area contributed by atoms with Crippen molar-refractivity contribution >= 4 is 38.6 Å². The third-order valence-electron chi connectivity index (χ3n) is 3.34. The van der Waals surface area contributed by atoms with Crippen LogP contribution in [0.15, 0.2) is 47.4 Å². The van der Waals surface area contributed by atoms with Gasteiger partial charge in [-0.3, -0.25) is 0 Å². The van der Waals surface area contributed by atoms with Crippen LogP contribution in [-0.2, 0) is 17.1 Å². The third kappa shape index (κ3) is 2.86. The normalized spacial score (nSPS) is 11.3. The van der Waals surface area contributed by atoms with Gasteiger partial charge in [-0.25, -0.2) is 18.1 Å². The van der Waals surface area contributed by atoms with Crippen molar-refractivity contribution in [2.75, 3.05) is 4.72 Å². The zero-order valence-corrected chi connectivity index (χ0v) is 13.6. The Morgan fingerprint density at radius 3 is 2.78 bits per heavy atom. The molecule has 23 heavy (non-hydrogen) atoms. The lowest BCUT2D eigenvalue weighted by Crippen LogP contribution is -2.16. The van der Waals surface area contributed by atoms with Crippen molar-refractivity contribution in [1.29, 1.82) is 5.26 Å². The maximum atomic E-state index is 12.5. The van der Waals surface area contributed by atoms with E-state index in [0.717, 1.165) is 5.52 Å². The van der Waals surface area contributed by atoms with Crippen molar-refractivity contribution in [3.8, 4) is 6.07 Å². The number of hydrogen-bond acceptors (Lipinski definition) is 4. The van der Waals surface area contributed by atoms with E-state index in [-0.39, 0.29) is 16.4 Å². The lowest BCUT2D eigenvalue weighted by atomic mass is 10.2. The number of aromatic nitrogens is 2. The average Bonchev–Trinajstić information content (AvgIpc) is 2.82. The minimum absolute atomic E-state index is 0.00152. The molecule has 116 valence electrons. The van der Waals surface area contributed by atoms with Crippen LogP contribution < -0.4 is 4.72 Å². The van der Waals surface area contributed by atoms with Crippen LogP contribution in [0.4, 0.5) is 5.95 Å². The van der Waals surface area contributed by atoms with Crippen molar-refractivity contribution in [2.45, 2.75) is 4.90 Å². The molecule has 0 spiro atoms. The lowest BCUT2D eigenvalue weighted by molar-refractivity contribution is 0.600. The molecular formula is C15H11ClN4O2S. The predicted octanol–water partition coefficient (Wildman–Crippen LogP) is 2.90. The van der Waals surface area contributed by atoms with Gasteiger partial charge in [-0.1, -0.05) is 17.7 Å². The molecule has 1 N–H and O–H groups in total. The molecule has 6 nitrogen and oxygen atoms in total. The molecule has 0 aliphatic heterocycles. The summed E-state index contributed by atoms with van der Waals surface area (Å²) >= 11 is 5.92. The summed E-state index contributed by atoms with van der Waals surface area (Å²) < 4.78 is 29.0. The molecule has 0 saturated carbocycles. The van der Waals surface area contributed by atoms with Crippen LogP contribution in [0.2, 0.25) is 5.02 Å². The molecule has 0 aliphatic rings. The highest BCUT2D eigenvalue weighted by atomic mass is 35.5. The fourth-order valence-corrected chi connectivity index (χ4v) is 3.42. The van der Waals surface area contributed by atoms with E-state index < -0.39 is 10.0 Å². The monoisotopic (exact) mass is 346 g/mol. The molecular weight excluding hydrogens is 336 g/mol. The van der Waals surface area contributed by atoms with Gasteiger partial charge in [-0.05, 0) is 36.4 Å². The smallest absolute Gasteiger partial charge is 0.264 e. The molecule has 3 rings (SSSR count). The minimum Gasteiger partial charge on any atom is -0.313 e. The van der Waals surface area contributed by atoms with Crippen molar-refractivity contribution in [3.63, 3.8) is 0 Å². The van der Waals surface area contributed by atoms with Gasteiger partial charge < -0.3 is 4.57 Å². The molecule has 2 aromatic carbocycles. The zero-order valence-electron chi connectivity index (χ0n) is 12.0. The van der Waals surface area contributed by atoms with Crippen LogP contribution in [0, 0.1) is 11.3 Å². The maximum Gasteiger partial charge on any atom is 0.264 e. The number of anilines is 1. The second-order valence-corrected chi connectivity index (χ2v) is 6.99. The third-order valence-corrected chi connectivity index (χ3v) is 4.90. The Labute approximate surface area is 138 Å². The topological polar surface area (TPSA) is 87.8 Å². The Balaban J connectivity index is 2.04. The molecule has 1 heterocycles. The SMILES string of the molecule is Cn1c(NS(=O)(=O)c2cccc(C#N)c2)nc2cc(Cl)ccc21. The van der Waals surface area contributed by atoms with Crippen LogP contribution in [0.1, 0.15) is 5.56 Å². The number of nitrogens with one attached hydrogen (secondary N) is 1. The number of nitrogens with zero attached hydrogens (tertiary/aromatic N) is 3. The van der Waals surface area contributed by atoms with Crippen molar-refractivity contribution < 1.29 is 8.42 Å². The number of nitriles is 1. The second kappa shape index (κ2) is 5.57. The van der Waals surface area contributed by atoms with Gasteiger partial charge in [0.05, 0.1) is 27.6 Å². The number of benzene rings is 2. The standard InChI is InChI=1S/C15H11ClN4O2S/c1-20-14-6-5-11(16)8-13(14)18-15(20)19-23(21,22)12-4-2-3-10(7-12)9-17/h2-8H,1H3,(H,18,19). The van der Waals surface area contributed by atoms with Gasteiger partial charge in [0.25, 0.3) is 10.0 Å². The van der Waals surface area contributed by atoms with Gasteiger partial charge in [0.1, 0.15) is 0 Å². The number of imidazole rings is 1. The van der Waals surface area contributed by atoms with Gasteiger partial charge in [-0.2, -0.15) is 5.26 Å². The Bertz CT molecular complexity index is 1050. The Morgan fingerprint density at radius 2 is 2.04 bits per heavy atom. The van der Waals surface area contributed by atoms with Gasteiger partial charge in [-0.15, -0.1) is 0 Å². The molecule has 0 bridgehead atoms. The van der Waals surface area contributed by atoms with E-state index >= 15 is 0 Å². The first kappa shape index (κ1) is 15.3. The number of halogens is 1. The Kier molecular flexibility index (Phi) is 3.72. The van der Waals surface area contributed by atoms with Crippen LogP contribution in [0.25, 0.3) is 11.0 Å². The molecule has 3 aromatic rings. The van der Waals surface area contributed by atoms with E-state index in [1.807, 2.05) is 6.07 Å². The maximum absolute atomic E-state index is 12.5. The Morgan fingerprint density at radius 1 is 1.26 bits per heavy atom. The van der Waals surface area contributed by atoms with Gasteiger partial charge >= 0.3 is 0 Å². The number of rotatable bonds is 3. The fourth-order valence-electron chi connectivity index (χ4n) is 2.18. The zero-order chi connectivity index (χ0) is 16.6. The first-order valence-electron chi connectivity index (χ1n) is 6.56. The van der Waals surface area contributed by atoms with E-state index in [4.69, 9.17) is 16.9 Å².